The molecule has 5 heteroatoms. The molecule has 0 radical (unpaired) electrons. The van der Waals surface area contributed by atoms with Crippen LogP contribution in [0.2, 0.25) is 0 Å². The fraction of sp³-hybridized carbons (Fsp3) is 0.333. The van der Waals surface area contributed by atoms with E-state index < -0.39 is 12.2 Å². The van der Waals surface area contributed by atoms with E-state index in [9.17, 15) is 15.3 Å². The van der Waals surface area contributed by atoms with Gasteiger partial charge in [-0.15, -0.1) is 0 Å². The van der Waals surface area contributed by atoms with Gasteiger partial charge in [-0.3, -0.25) is 0 Å². The molecule has 0 aliphatic heterocycles. The number of halogens is 1. The zero-order valence-corrected chi connectivity index (χ0v) is 9.74. The van der Waals surface area contributed by atoms with Gasteiger partial charge in [0, 0.05) is 11.3 Å². The molecule has 0 heterocycles. The summed E-state index contributed by atoms with van der Waals surface area (Å²) >= 11 is 6.99. The van der Waals surface area contributed by atoms with Gasteiger partial charge in [0.2, 0.25) is 0 Å². The molecule has 0 bridgehead atoms. The summed E-state index contributed by atoms with van der Waals surface area (Å²) in [7, 11) is 0. The molecule has 3 N–H and O–H groups in total. The van der Waals surface area contributed by atoms with E-state index in [4.69, 9.17) is 0 Å². The van der Waals surface area contributed by atoms with Crippen molar-refractivity contribution in [2.45, 2.75) is 12.2 Å². The van der Waals surface area contributed by atoms with Crippen LogP contribution in [-0.4, -0.2) is 27.2 Å². The van der Waals surface area contributed by atoms with Gasteiger partial charge < -0.3 is 15.3 Å². The zero-order chi connectivity index (χ0) is 10.7. The Morgan fingerprint density at radius 1 is 1.36 bits per heavy atom. The smallest absolute Gasteiger partial charge is 0.135 e. The van der Waals surface area contributed by atoms with Gasteiger partial charge in [-0.25, -0.2) is 0 Å². The number of rotatable bonds is 3. The number of aliphatic hydroxyl groups is 2. The van der Waals surface area contributed by atoms with E-state index in [1.54, 1.807) is 18.2 Å². The first-order chi connectivity index (χ1) is 6.57. The second-order valence-corrected chi connectivity index (χ2v) is 4.09. The minimum Gasteiger partial charge on any atom is -0.506 e. The van der Waals surface area contributed by atoms with Crippen molar-refractivity contribution in [2.75, 3.05) is 5.75 Å². The number of hydrogen-bond acceptors (Lipinski definition) is 4. The second kappa shape index (κ2) is 5.02. The number of hydrogen-bond donors (Lipinski definition) is 4. The fourth-order valence-electron chi connectivity index (χ4n) is 1.08. The van der Waals surface area contributed by atoms with E-state index in [1.165, 1.54) is 0 Å². The van der Waals surface area contributed by atoms with Crippen LogP contribution in [0, 0.1) is 0 Å². The molecule has 0 saturated carbocycles. The number of aromatic hydroxyl groups is 1. The third kappa shape index (κ3) is 2.42. The summed E-state index contributed by atoms with van der Waals surface area (Å²) in [6.07, 6.45) is -2.11. The molecule has 1 aromatic carbocycles. The lowest BCUT2D eigenvalue weighted by Crippen LogP contribution is -2.19. The maximum atomic E-state index is 9.61. The average Bonchev–Trinajstić information content (AvgIpc) is 2.20. The highest BCUT2D eigenvalue weighted by atomic mass is 79.9. The standard InChI is InChI=1S/C9H11BrO3S/c10-6-3-1-2-5(8(6)12)9(13)7(11)4-14/h1-3,7,9,11-14H,4H2. The van der Waals surface area contributed by atoms with Crippen LogP contribution in [-0.2, 0) is 0 Å². The molecule has 2 atom stereocenters. The maximum absolute atomic E-state index is 9.61. The van der Waals surface area contributed by atoms with E-state index in [1.807, 2.05) is 0 Å². The molecule has 0 saturated heterocycles. The van der Waals surface area contributed by atoms with Gasteiger partial charge in [-0.05, 0) is 22.0 Å². The Kier molecular flexibility index (Phi) is 4.25. The van der Waals surface area contributed by atoms with Crippen molar-refractivity contribution in [3.05, 3.63) is 28.2 Å². The maximum Gasteiger partial charge on any atom is 0.135 e. The molecule has 1 rings (SSSR count). The number of para-hydroxylation sites is 1. The third-order valence-electron chi connectivity index (χ3n) is 1.89. The Hall–Kier alpha value is -0.230. The summed E-state index contributed by atoms with van der Waals surface area (Å²) in [6.45, 7) is 0. The van der Waals surface area contributed by atoms with Crippen LogP contribution in [0.15, 0.2) is 22.7 Å². The molecular formula is C9H11BrO3S. The van der Waals surface area contributed by atoms with Crippen LogP contribution in [0.3, 0.4) is 0 Å². The SMILES string of the molecule is Oc1c(Br)cccc1C(O)C(O)CS. The molecule has 0 aromatic heterocycles. The largest absolute Gasteiger partial charge is 0.506 e. The first-order valence-electron chi connectivity index (χ1n) is 4.02. The molecule has 0 fully saturated rings. The molecule has 1 aromatic rings. The monoisotopic (exact) mass is 278 g/mol. The molecule has 0 aliphatic carbocycles. The predicted molar refractivity (Wildman–Crippen MR) is 60.6 cm³/mol. The summed E-state index contributed by atoms with van der Waals surface area (Å²) in [5.41, 5.74) is 0.293. The molecule has 0 amide bonds. The second-order valence-electron chi connectivity index (χ2n) is 2.87. The van der Waals surface area contributed by atoms with Gasteiger partial charge in [-0.1, -0.05) is 12.1 Å². The predicted octanol–water partition coefficient (Wildman–Crippen LogP) is 1.48. The number of phenols is 1. The molecule has 78 valence electrons. The van der Waals surface area contributed by atoms with E-state index in [2.05, 4.69) is 28.6 Å². The number of phenolic OH excluding ortho intramolecular Hbond substituents is 1. The fourth-order valence-corrected chi connectivity index (χ4v) is 1.66. The highest BCUT2D eigenvalue weighted by Gasteiger charge is 2.20. The van der Waals surface area contributed by atoms with Crippen LogP contribution in [0.4, 0.5) is 0 Å². The number of aliphatic hydroxyl groups excluding tert-OH is 2. The quantitative estimate of drug-likeness (QED) is 0.634. The van der Waals surface area contributed by atoms with Crippen LogP contribution in [0.5, 0.6) is 5.75 Å². The third-order valence-corrected chi connectivity index (χ3v) is 2.90. The van der Waals surface area contributed by atoms with Gasteiger partial charge in [0.05, 0.1) is 10.6 Å². The molecule has 14 heavy (non-hydrogen) atoms. The normalized spacial score (nSPS) is 15.1. The molecule has 0 spiro atoms. The van der Waals surface area contributed by atoms with Gasteiger partial charge in [0.15, 0.2) is 0 Å². The molecule has 3 nitrogen and oxygen atoms in total. The summed E-state index contributed by atoms with van der Waals surface area (Å²) in [5.74, 6) is 0.0773. The van der Waals surface area contributed by atoms with Crippen molar-refractivity contribution in [1.29, 1.82) is 0 Å². The van der Waals surface area contributed by atoms with Gasteiger partial charge in [0.1, 0.15) is 11.9 Å². The Labute approximate surface area is 95.9 Å². The van der Waals surface area contributed by atoms with Gasteiger partial charge >= 0.3 is 0 Å². The first kappa shape index (κ1) is 11.8. The number of thiol groups is 1. The van der Waals surface area contributed by atoms with Crippen LogP contribution < -0.4 is 0 Å². The van der Waals surface area contributed by atoms with Crippen molar-refractivity contribution in [1.82, 2.24) is 0 Å². The summed E-state index contributed by atoms with van der Waals surface area (Å²) in [4.78, 5) is 0. The van der Waals surface area contributed by atoms with Crippen molar-refractivity contribution >= 4 is 28.6 Å². The Morgan fingerprint density at radius 2 is 2.00 bits per heavy atom. The lowest BCUT2D eigenvalue weighted by atomic mass is 10.0. The van der Waals surface area contributed by atoms with Crippen molar-refractivity contribution < 1.29 is 15.3 Å². The average molecular weight is 279 g/mol. The van der Waals surface area contributed by atoms with Crippen molar-refractivity contribution in [2.24, 2.45) is 0 Å². The van der Waals surface area contributed by atoms with Crippen LogP contribution >= 0.6 is 28.6 Å². The van der Waals surface area contributed by atoms with E-state index in [0.717, 1.165) is 0 Å². The van der Waals surface area contributed by atoms with Crippen molar-refractivity contribution in [3.8, 4) is 5.75 Å². The Balaban J connectivity index is 3.01. The highest BCUT2D eigenvalue weighted by Crippen LogP contribution is 2.33. The lowest BCUT2D eigenvalue weighted by Gasteiger charge is -2.17. The minimum absolute atomic E-state index is 0.0548. The van der Waals surface area contributed by atoms with Gasteiger partial charge in [-0.2, -0.15) is 12.6 Å². The van der Waals surface area contributed by atoms with Crippen LogP contribution in [0.25, 0.3) is 0 Å². The highest BCUT2D eigenvalue weighted by molar-refractivity contribution is 9.10. The summed E-state index contributed by atoms with van der Waals surface area (Å²) in [5, 5.41) is 28.5. The summed E-state index contributed by atoms with van der Waals surface area (Å²) in [6, 6.07) is 4.88. The first-order valence-corrected chi connectivity index (χ1v) is 5.44. The van der Waals surface area contributed by atoms with Crippen molar-refractivity contribution in [3.63, 3.8) is 0 Å². The van der Waals surface area contributed by atoms with E-state index >= 15 is 0 Å². The Morgan fingerprint density at radius 3 is 2.57 bits per heavy atom. The molecule has 0 aliphatic rings. The van der Waals surface area contributed by atoms with Crippen LogP contribution in [0.1, 0.15) is 11.7 Å². The zero-order valence-electron chi connectivity index (χ0n) is 7.26. The Bertz CT molecular complexity index is 319. The minimum atomic E-state index is -1.12. The van der Waals surface area contributed by atoms with Gasteiger partial charge in [0.25, 0.3) is 0 Å². The number of benzene rings is 1. The molecule has 2 unspecified atom stereocenters. The lowest BCUT2D eigenvalue weighted by molar-refractivity contribution is 0.0322. The molecular weight excluding hydrogens is 268 g/mol. The topological polar surface area (TPSA) is 60.7 Å². The van der Waals surface area contributed by atoms with E-state index in [0.29, 0.717) is 10.0 Å². The summed E-state index contributed by atoms with van der Waals surface area (Å²) < 4.78 is 0.486. The van der Waals surface area contributed by atoms with E-state index in [-0.39, 0.29) is 11.5 Å².